The number of anilines is 2. The highest BCUT2D eigenvalue weighted by molar-refractivity contribution is 6.00. The summed E-state index contributed by atoms with van der Waals surface area (Å²) in [4.78, 5) is 14.5. The van der Waals surface area contributed by atoms with Crippen LogP contribution in [0.4, 0.5) is 15.8 Å². The molecule has 1 amide bonds. The van der Waals surface area contributed by atoms with E-state index in [1.54, 1.807) is 35.2 Å². The topological polar surface area (TPSA) is 55.6 Å². The first-order valence-corrected chi connectivity index (χ1v) is 7.70. The number of hydrogen-bond donors (Lipinski definition) is 1. The number of fused-ring (bicyclic) bond motifs is 1. The van der Waals surface area contributed by atoms with Crippen LogP contribution in [-0.4, -0.2) is 18.6 Å². The summed E-state index contributed by atoms with van der Waals surface area (Å²) < 4.78 is 19.2. The number of benzene rings is 2. The standard InChI is InChI=1S/C18H19FN2O2/c1-2-8-21-15-11-14(20)6-7-16(15)23-17(18(21)22)10-12-4-3-5-13(19)9-12/h3-7,9,11,17H,2,8,10,20H2,1H3. The van der Waals surface area contributed by atoms with Gasteiger partial charge in [0.05, 0.1) is 5.69 Å². The van der Waals surface area contributed by atoms with Crippen molar-refractivity contribution in [3.8, 4) is 5.75 Å². The maximum Gasteiger partial charge on any atom is 0.268 e. The fourth-order valence-electron chi connectivity index (χ4n) is 2.80. The van der Waals surface area contributed by atoms with Crippen molar-refractivity contribution in [1.82, 2.24) is 0 Å². The molecule has 0 aromatic heterocycles. The highest BCUT2D eigenvalue weighted by atomic mass is 19.1. The first-order valence-electron chi connectivity index (χ1n) is 7.70. The second-order valence-electron chi connectivity index (χ2n) is 5.66. The van der Waals surface area contributed by atoms with E-state index in [0.29, 0.717) is 30.1 Å². The van der Waals surface area contributed by atoms with Gasteiger partial charge in [-0.1, -0.05) is 19.1 Å². The molecule has 3 rings (SSSR count). The van der Waals surface area contributed by atoms with Crippen LogP contribution in [0.15, 0.2) is 42.5 Å². The summed E-state index contributed by atoms with van der Waals surface area (Å²) in [5.41, 5.74) is 7.85. The van der Waals surface area contributed by atoms with Gasteiger partial charge in [-0.15, -0.1) is 0 Å². The zero-order valence-electron chi connectivity index (χ0n) is 13.0. The fourth-order valence-corrected chi connectivity index (χ4v) is 2.80. The van der Waals surface area contributed by atoms with Gasteiger partial charge in [-0.3, -0.25) is 4.79 Å². The Morgan fingerprint density at radius 3 is 2.83 bits per heavy atom. The van der Waals surface area contributed by atoms with Crippen LogP contribution in [0, 0.1) is 5.82 Å². The highest BCUT2D eigenvalue weighted by Gasteiger charge is 2.34. The zero-order valence-corrected chi connectivity index (χ0v) is 13.0. The van der Waals surface area contributed by atoms with Crippen molar-refractivity contribution in [2.75, 3.05) is 17.2 Å². The van der Waals surface area contributed by atoms with Crippen LogP contribution in [0.1, 0.15) is 18.9 Å². The van der Waals surface area contributed by atoms with E-state index in [2.05, 4.69) is 0 Å². The van der Waals surface area contributed by atoms with Crippen LogP contribution in [0.3, 0.4) is 0 Å². The van der Waals surface area contributed by atoms with E-state index in [9.17, 15) is 9.18 Å². The molecular weight excluding hydrogens is 295 g/mol. The Bertz CT molecular complexity index is 733. The number of ether oxygens (including phenoxy) is 1. The summed E-state index contributed by atoms with van der Waals surface area (Å²) in [6, 6.07) is 11.5. The summed E-state index contributed by atoms with van der Waals surface area (Å²) >= 11 is 0. The number of halogens is 1. The molecule has 23 heavy (non-hydrogen) atoms. The van der Waals surface area contributed by atoms with Gasteiger partial charge in [-0.05, 0) is 42.3 Å². The average molecular weight is 314 g/mol. The summed E-state index contributed by atoms with van der Waals surface area (Å²) in [5.74, 6) is 0.201. The predicted molar refractivity (Wildman–Crippen MR) is 88.0 cm³/mol. The molecular formula is C18H19FN2O2. The first kappa shape index (κ1) is 15.3. The Kier molecular flexibility index (Phi) is 4.19. The minimum atomic E-state index is -0.653. The molecule has 0 saturated heterocycles. The molecule has 1 heterocycles. The van der Waals surface area contributed by atoms with Gasteiger partial charge in [0.2, 0.25) is 0 Å². The van der Waals surface area contributed by atoms with Crippen molar-refractivity contribution >= 4 is 17.3 Å². The molecule has 120 valence electrons. The van der Waals surface area contributed by atoms with Gasteiger partial charge >= 0.3 is 0 Å². The Hall–Kier alpha value is -2.56. The van der Waals surface area contributed by atoms with Crippen molar-refractivity contribution in [3.05, 3.63) is 53.8 Å². The first-order chi connectivity index (χ1) is 11.1. The molecule has 1 aliphatic heterocycles. The molecule has 5 heteroatoms. The summed E-state index contributed by atoms with van der Waals surface area (Å²) in [6.45, 7) is 2.61. The largest absolute Gasteiger partial charge is 0.478 e. The van der Waals surface area contributed by atoms with Crippen molar-refractivity contribution in [1.29, 1.82) is 0 Å². The highest BCUT2D eigenvalue weighted by Crippen LogP contribution is 2.36. The number of hydrogen-bond acceptors (Lipinski definition) is 3. The smallest absolute Gasteiger partial charge is 0.268 e. The lowest BCUT2D eigenvalue weighted by Gasteiger charge is -2.34. The lowest BCUT2D eigenvalue weighted by Crippen LogP contribution is -2.47. The van der Waals surface area contributed by atoms with E-state index in [1.807, 2.05) is 6.92 Å². The van der Waals surface area contributed by atoms with Crippen LogP contribution in [0.5, 0.6) is 5.75 Å². The van der Waals surface area contributed by atoms with Gasteiger partial charge in [-0.2, -0.15) is 0 Å². The minimum Gasteiger partial charge on any atom is -0.478 e. The van der Waals surface area contributed by atoms with Gasteiger partial charge in [0, 0.05) is 18.7 Å². The molecule has 2 aromatic carbocycles. The van der Waals surface area contributed by atoms with Crippen LogP contribution in [-0.2, 0) is 11.2 Å². The molecule has 0 spiro atoms. The van der Waals surface area contributed by atoms with Gasteiger partial charge in [0.25, 0.3) is 5.91 Å². The number of carbonyl (C=O) groups is 1. The monoisotopic (exact) mass is 314 g/mol. The lowest BCUT2D eigenvalue weighted by molar-refractivity contribution is -0.126. The van der Waals surface area contributed by atoms with Crippen molar-refractivity contribution in [2.24, 2.45) is 0 Å². The van der Waals surface area contributed by atoms with E-state index < -0.39 is 6.10 Å². The van der Waals surface area contributed by atoms with Crippen LogP contribution in [0.25, 0.3) is 0 Å². The number of rotatable bonds is 4. The minimum absolute atomic E-state index is 0.116. The number of nitrogen functional groups attached to an aromatic ring is 1. The lowest BCUT2D eigenvalue weighted by atomic mass is 10.0. The molecule has 0 bridgehead atoms. The molecule has 0 fully saturated rings. The third-order valence-corrected chi connectivity index (χ3v) is 3.84. The summed E-state index contributed by atoms with van der Waals surface area (Å²) in [5, 5.41) is 0. The maximum absolute atomic E-state index is 13.3. The van der Waals surface area contributed by atoms with Crippen molar-refractivity contribution in [2.45, 2.75) is 25.9 Å². The average Bonchev–Trinajstić information content (AvgIpc) is 2.52. The van der Waals surface area contributed by atoms with Crippen molar-refractivity contribution < 1.29 is 13.9 Å². The van der Waals surface area contributed by atoms with Crippen LogP contribution >= 0.6 is 0 Å². The third-order valence-electron chi connectivity index (χ3n) is 3.84. The Morgan fingerprint density at radius 2 is 2.09 bits per heavy atom. The molecule has 0 saturated carbocycles. The van der Waals surface area contributed by atoms with E-state index in [4.69, 9.17) is 10.5 Å². The fraction of sp³-hybridized carbons (Fsp3) is 0.278. The number of nitrogens with zero attached hydrogens (tertiary/aromatic N) is 1. The number of amides is 1. The Morgan fingerprint density at radius 1 is 1.26 bits per heavy atom. The second kappa shape index (κ2) is 6.28. The van der Waals surface area contributed by atoms with Gasteiger partial charge < -0.3 is 15.4 Å². The van der Waals surface area contributed by atoms with Gasteiger partial charge in [-0.25, -0.2) is 4.39 Å². The van der Waals surface area contributed by atoms with E-state index >= 15 is 0 Å². The second-order valence-corrected chi connectivity index (χ2v) is 5.66. The van der Waals surface area contributed by atoms with Crippen LogP contribution in [0.2, 0.25) is 0 Å². The van der Waals surface area contributed by atoms with Gasteiger partial charge in [0.15, 0.2) is 6.10 Å². The molecule has 2 aromatic rings. The zero-order chi connectivity index (χ0) is 16.4. The molecule has 1 aliphatic rings. The molecule has 4 nitrogen and oxygen atoms in total. The quantitative estimate of drug-likeness (QED) is 0.882. The molecule has 0 radical (unpaired) electrons. The Balaban J connectivity index is 1.91. The summed E-state index contributed by atoms with van der Waals surface area (Å²) in [7, 11) is 0. The predicted octanol–water partition coefficient (Wildman–Crippen LogP) is 3.15. The normalized spacial score (nSPS) is 16.9. The van der Waals surface area contributed by atoms with E-state index in [1.165, 1.54) is 12.1 Å². The van der Waals surface area contributed by atoms with E-state index in [-0.39, 0.29) is 11.7 Å². The maximum atomic E-state index is 13.3. The van der Waals surface area contributed by atoms with E-state index in [0.717, 1.165) is 12.0 Å². The SMILES string of the molecule is CCCN1C(=O)C(Cc2cccc(F)c2)Oc2ccc(N)cc21. The Labute approximate surface area is 134 Å². The molecule has 2 N–H and O–H groups in total. The third kappa shape index (κ3) is 3.13. The molecule has 0 aliphatic carbocycles. The molecule has 1 atom stereocenters. The van der Waals surface area contributed by atoms with Crippen molar-refractivity contribution in [3.63, 3.8) is 0 Å². The van der Waals surface area contributed by atoms with Crippen LogP contribution < -0.4 is 15.4 Å². The summed E-state index contributed by atoms with van der Waals surface area (Å²) in [6.07, 6.45) is 0.507. The number of carbonyl (C=O) groups excluding carboxylic acids is 1. The number of nitrogens with two attached hydrogens (primary N) is 1. The molecule has 1 unspecified atom stereocenters. The van der Waals surface area contributed by atoms with Gasteiger partial charge in [0.1, 0.15) is 11.6 Å².